The lowest BCUT2D eigenvalue weighted by Crippen LogP contribution is -2.47. The van der Waals surface area contributed by atoms with Crippen LogP contribution in [0.3, 0.4) is 0 Å². The maximum atomic E-state index is 12.5. The molecule has 2 heterocycles. The molecule has 0 aliphatic carbocycles. The van der Waals surface area contributed by atoms with Gasteiger partial charge in [-0.1, -0.05) is 0 Å². The lowest BCUT2D eigenvalue weighted by Gasteiger charge is -2.29. The maximum absolute atomic E-state index is 12.5. The van der Waals surface area contributed by atoms with Gasteiger partial charge in [-0.3, -0.25) is 9.59 Å². The van der Waals surface area contributed by atoms with E-state index in [9.17, 15) is 14.4 Å². The van der Waals surface area contributed by atoms with Crippen molar-refractivity contribution in [3.63, 3.8) is 0 Å². The average molecular weight is 348 g/mol. The molecule has 1 aromatic carbocycles. The quantitative estimate of drug-likeness (QED) is 0.663. The molecule has 7 heteroatoms. The van der Waals surface area contributed by atoms with Gasteiger partial charge in [0, 0.05) is 24.3 Å². The summed E-state index contributed by atoms with van der Waals surface area (Å²) in [6, 6.07) is 5.87. The summed E-state index contributed by atoms with van der Waals surface area (Å²) in [5.74, 6) is 0.348. The van der Waals surface area contributed by atoms with Crippen LogP contribution in [0.25, 0.3) is 0 Å². The fourth-order valence-corrected chi connectivity index (χ4v) is 4.53. The van der Waals surface area contributed by atoms with Crippen molar-refractivity contribution in [1.82, 2.24) is 10.2 Å². The summed E-state index contributed by atoms with van der Waals surface area (Å²) in [6.07, 6.45) is 1.25. The SMILES string of the molecule is CCNC(=O)c1ccc(OC(=O)[C@@H]2CS[C@@]3(C)CCC(=O)N23)cc1. The summed E-state index contributed by atoms with van der Waals surface area (Å²) in [7, 11) is 0. The minimum Gasteiger partial charge on any atom is -0.425 e. The molecule has 1 aromatic rings. The number of carbonyl (C=O) groups excluding carboxylic acids is 3. The third kappa shape index (κ3) is 3.00. The molecular formula is C17H20N2O4S. The predicted molar refractivity (Wildman–Crippen MR) is 90.8 cm³/mol. The Hall–Kier alpha value is -2.02. The Morgan fingerprint density at radius 1 is 1.38 bits per heavy atom. The van der Waals surface area contributed by atoms with Crippen molar-refractivity contribution in [1.29, 1.82) is 0 Å². The van der Waals surface area contributed by atoms with E-state index in [1.54, 1.807) is 40.9 Å². The molecule has 0 bridgehead atoms. The first kappa shape index (κ1) is 16.8. The molecule has 1 N–H and O–H groups in total. The van der Waals surface area contributed by atoms with Crippen molar-refractivity contribution in [2.45, 2.75) is 37.6 Å². The molecule has 24 heavy (non-hydrogen) atoms. The molecule has 0 radical (unpaired) electrons. The number of nitrogens with one attached hydrogen (secondary N) is 1. The van der Waals surface area contributed by atoms with Crippen LogP contribution >= 0.6 is 11.8 Å². The topological polar surface area (TPSA) is 75.7 Å². The molecule has 2 fully saturated rings. The Kier molecular flexibility index (Phi) is 4.54. The number of ether oxygens (including phenoxy) is 1. The van der Waals surface area contributed by atoms with Crippen LogP contribution < -0.4 is 10.1 Å². The number of esters is 1. The van der Waals surface area contributed by atoms with Crippen LogP contribution in [0.2, 0.25) is 0 Å². The second-order valence-corrected chi connectivity index (χ2v) is 7.57. The molecule has 2 atom stereocenters. The highest BCUT2D eigenvalue weighted by molar-refractivity contribution is 8.01. The van der Waals surface area contributed by atoms with Gasteiger partial charge < -0.3 is 15.0 Å². The van der Waals surface area contributed by atoms with Crippen molar-refractivity contribution >= 4 is 29.5 Å². The number of amides is 2. The second kappa shape index (κ2) is 6.47. The van der Waals surface area contributed by atoms with Gasteiger partial charge in [0.2, 0.25) is 5.91 Å². The summed E-state index contributed by atoms with van der Waals surface area (Å²) in [6.45, 7) is 4.40. The van der Waals surface area contributed by atoms with Crippen LogP contribution in [-0.2, 0) is 9.59 Å². The van der Waals surface area contributed by atoms with E-state index in [0.717, 1.165) is 6.42 Å². The molecule has 3 rings (SSSR count). The van der Waals surface area contributed by atoms with Crippen molar-refractivity contribution < 1.29 is 19.1 Å². The average Bonchev–Trinajstić information content (AvgIpc) is 3.05. The van der Waals surface area contributed by atoms with Crippen LogP contribution in [-0.4, -0.2) is 45.9 Å². The Labute approximate surface area is 144 Å². The molecule has 0 saturated carbocycles. The van der Waals surface area contributed by atoms with Gasteiger partial charge in [-0.15, -0.1) is 11.8 Å². The minimum atomic E-state index is -0.543. The number of hydrogen-bond donors (Lipinski definition) is 1. The van der Waals surface area contributed by atoms with E-state index >= 15 is 0 Å². The normalized spacial score (nSPS) is 25.5. The number of thioether (sulfide) groups is 1. The summed E-state index contributed by atoms with van der Waals surface area (Å²) >= 11 is 1.63. The van der Waals surface area contributed by atoms with Gasteiger partial charge in [-0.25, -0.2) is 4.79 Å². The van der Waals surface area contributed by atoms with Gasteiger partial charge in [0.05, 0.1) is 4.87 Å². The largest absolute Gasteiger partial charge is 0.425 e. The van der Waals surface area contributed by atoms with Crippen molar-refractivity contribution in [3.8, 4) is 5.75 Å². The van der Waals surface area contributed by atoms with Gasteiger partial charge in [0.25, 0.3) is 5.91 Å². The molecular weight excluding hydrogens is 328 g/mol. The Morgan fingerprint density at radius 2 is 2.08 bits per heavy atom. The molecule has 0 unspecified atom stereocenters. The lowest BCUT2D eigenvalue weighted by molar-refractivity contribution is -0.146. The number of benzene rings is 1. The van der Waals surface area contributed by atoms with Crippen LogP contribution in [0.1, 0.15) is 37.0 Å². The zero-order valence-electron chi connectivity index (χ0n) is 13.7. The molecule has 2 amide bonds. The van der Waals surface area contributed by atoms with E-state index in [1.807, 2.05) is 13.8 Å². The highest BCUT2D eigenvalue weighted by Crippen LogP contribution is 2.47. The van der Waals surface area contributed by atoms with E-state index in [4.69, 9.17) is 4.74 Å². The van der Waals surface area contributed by atoms with Crippen LogP contribution in [0.5, 0.6) is 5.75 Å². The highest BCUT2D eigenvalue weighted by atomic mass is 32.2. The summed E-state index contributed by atoms with van der Waals surface area (Å²) in [5, 5.41) is 2.71. The predicted octanol–water partition coefficient (Wildman–Crippen LogP) is 1.80. The maximum Gasteiger partial charge on any atom is 0.335 e. The monoisotopic (exact) mass is 348 g/mol. The first-order chi connectivity index (χ1) is 11.4. The van der Waals surface area contributed by atoms with E-state index in [0.29, 0.717) is 30.0 Å². The Bertz CT molecular complexity index is 676. The summed E-state index contributed by atoms with van der Waals surface area (Å²) in [4.78, 5) is 37.6. The lowest BCUT2D eigenvalue weighted by atomic mass is 10.2. The fourth-order valence-electron chi connectivity index (χ4n) is 3.12. The number of nitrogens with zero attached hydrogens (tertiary/aromatic N) is 1. The van der Waals surface area contributed by atoms with Gasteiger partial charge >= 0.3 is 5.97 Å². The molecule has 6 nitrogen and oxygen atoms in total. The standard InChI is InChI=1S/C17H20N2O4S/c1-3-18-15(21)11-4-6-12(7-5-11)23-16(22)13-10-24-17(2)9-8-14(20)19(13)17/h4-7,13H,3,8-10H2,1-2H3,(H,18,21)/t13-,17-/m0/s1. The molecule has 2 saturated heterocycles. The van der Waals surface area contributed by atoms with E-state index in [1.165, 1.54) is 0 Å². The zero-order chi connectivity index (χ0) is 17.3. The van der Waals surface area contributed by atoms with Crippen molar-refractivity contribution in [3.05, 3.63) is 29.8 Å². The van der Waals surface area contributed by atoms with E-state index < -0.39 is 12.0 Å². The second-order valence-electron chi connectivity index (χ2n) is 6.07. The number of fused-ring (bicyclic) bond motifs is 1. The number of hydrogen-bond acceptors (Lipinski definition) is 5. The molecule has 0 aromatic heterocycles. The molecule has 2 aliphatic rings. The first-order valence-corrected chi connectivity index (χ1v) is 8.99. The number of rotatable bonds is 4. The van der Waals surface area contributed by atoms with Crippen LogP contribution in [0.4, 0.5) is 0 Å². The Morgan fingerprint density at radius 3 is 2.75 bits per heavy atom. The van der Waals surface area contributed by atoms with Gasteiger partial charge in [0.15, 0.2) is 0 Å². The van der Waals surface area contributed by atoms with Gasteiger partial charge in [-0.05, 0) is 44.5 Å². The third-order valence-electron chi connectivity index (χ3n) is 4.39. The van der Waals surface area contributed by atoms with E-state index in [-0.39, 0.29) is 16.7 Å². The smallest absolute Gasteiger partial charge is 0.335 e. The van der Waals surface area contributed by atoms with Crippen LogP contribution in [0.15, 0.2) is 24.3 Å². The first-order valence-electron chi connectivity index (χ1n) is 8.00. The zero-order valence-corrected chi connectivity index (χ0v) is 14.5. The summed E-state index contributed by atoms with van der Waals surface area (Å²) in [5.41, 5.74) is 0.510. The molecule has 2 aliphatic heterocycles. The number of carbonyl (C=O) groups is 3. The highest BCUT2D eigenvalue weighted by Gasteiger charge is 2.53. The molecule has 128 valence electrons. The van der Waals surface area contributed by atoms with E-state index in [2.05, 4.69) is 5.32 Å². The minimum absolute atomic E-state index is 0.0102. The molecule has 0 spiro atoms. The summed E-state index contributed by atoms with van der Waals surface area (Å²) < 4.78 is 5.42. The third-order valence-corrected chi connectivity index (χ3v) is 5.89. The van der Waals surface area contributed by atoms with Crippen molar-refractivity contribution in [2.24, 2.45) is 0 Å². The van der Waals surface area contributed by atoms with Gasteiger partial charge in [-0.2, -0.15) is 0 Å². The Balaban J connectivity index is 1.67. The van der Waals surface area contributed by atoms with Gasteiger partial charge in [0.1, 0.15) is 11.8 Å². The van der Waals surface area contributed by atoms with Crippen LogP contribution in [0, 0.1) is 0 Å². The fraction of sp³-hybridized carbons (Fsp3) is 0.471. The van der Waals surface area contributed by atoms with Crippen molar-refractivity contribution in [2.75, 3.05) is 12.3 Å².